The molecule has 2 aromatic rings. The van der Waals surface area contributed by atoms with Crippen LogP contribution in [0, 0.1) is 12.8 Å². The zero-order valence-corrected chi connectivity index (χ0v) is 13.0. The first kappa shape index (κ1) is 15.1. The van der Waals surface area contributed by atoms with Gasteiger partial charge in [-0.2, -0.15) is 4.98 Å². The van der Waals surface area contributed by atoms with Gasteiger partial charge in [0.25, 0.3) is 0 Å². The first-order chi connectivity index (χ1) is 9.60. The molecule has 0 aliphatic rings. The summed E-state index contributed by atoms with van der Waals surface area (Å²) in [6.07, 6.45) is 0.997. The molecule has 0 saturated carbocycles. The third kappa shape index (κ3) is 3.84. The molecule has 5 heteroatoms. The van der Waals surface area contributed by atoms with Crippen molar-refractivity contribution in [1.82, 2.24) is 10.1 Å². The molecule has 1 heterocycles. The van der Waals surface area contributed by atoms with E-state index in [0.29, 0.717) is 23.4 Å². The second-order valence-electron chi connectivity index (χ2n) is 5.06. The maximum absolute atomic E-state index is 6.08. The zero-order chi connectivity index (χ0) is 14.5. The van der Waals surface area contributed by atoms with Gasteiger partial charge in [0, 0.05) is 4.90 Å². The molecule has 0 saturated heterocycles. The fourth-order valence-electron chi connectivity index (χ4n) is 1.74. The third-order valence-corrected chi connectivity index (χ3v) is 4.42. The van der Waals surface area contributed by atoms with Gasteiger partial charge in [0.15, 0.2) is 5.82 Å². The third-order valence-electron chi connectivity index (χ3n) is 3.41. The first-order valence-electron chi connectivity index (χ1n) is 6.87. The topological polar surface area (TPSA) is 64.9 Å². The van der Waals surface area contributed by atoms with Crippen molar-refractivity contribution in [2.24, 2.45) is 11.7 Å². The van der Waals surface area contributed by atoms with Gasteiger partial charge < -0.3 is 10.3 Å². The SMILES string of the molecule is CCC(C)[C@H](N)c1nc(CSc2ccc(C)cc2)no1. The van der Waals surface area contributed by atoms with Crippen molar-refractivity contribution in [2.75, 3.05) is 0 Å². The molecule has 108 valence electrons. The standard InChI is InChI=1S/C15H21N3OS/c1-4-11(3)14(16)15-17-13(18-19-15)9-20-12-7-5-10(2)6-8-12/h5-8,11,14H,4,9,16H2,1-3H3/t11?,14-/m0/s1. The Morgan fingerprint density at radius 2 is 2.00 bits per heavy atom. The van der Waals surface area contributed by atoms with Crippen molar-refractivity contribution in [3.8, 4) is 0 Å². The number of benzene rings is 1. The molecule has 0 amide bonds. The Bertz CT molecular complexity index is 538. The van der Waals surface area contributed by atoms with E-state index >= 15 is 0 Å². The van der Waals surface area contributed by atoms with Gasteiger partial charge in [-0.1, -0.05) is 43.1 Å². The number of thioether (sulfide) groups is 1. The maximum Gasteiger partial charge on any atom is 0.243 e. The lowest BCUT2D eigenvalue weighted by molar-refractivity contribution is 0.311. The average Bonchev–Trinajstić information content (AvgIpc) is 2.94. The van der Waals surface area contributed by atoms with Crippen LogP contribution in [0.5, 0.6) is 0 Å². The Balaban J connectivity index is 1.94. The molecule has 0 radical (unpaired) electrons. The largest absolute Gasteiger partial charge is 0.338 e. The quantitative estimate of drug-likeness (QED) is 0.822. The minimum absolute atomic E-state index is 0.175. The molecule has 4 nitrogen and oxygen atoms in total. The van der Waals surface area contributed by atoms with E-state index < -0.39 is 0 Å². The second kappa shape index (κ2) is 6.90. The molecule has 2 N–H and O–H groups in total. The van der Waals surface area contributed by atoms with E-state index in [1.165, 1.54) is 10.5 Å². The van der Waals surface area contributed by atoms with Gasteiger partial charge in [-0.3, -0.25) is 0 Å². The van der Waals surface area contributed by atoms with Gasteiger partial charge in [-0.05, 0) is 25.0 Å². The summed E-state index contributed by atoms with van der Waals surface area (Å²) < 4.78 is 5.26. The van der Waals surface area contributed by atoms with E-state index in [1.54, 1.807) is 11.8 Å². The van der Waals surface area contributed by atoms with E-state index in [0.717, 1.165) is 6.42 Å². The normalized spacial score (nSPS) is 14.2. The van der Waals surface area contributed by atoms with Crippen LogP contribution in [0.4, 0.5) is 0 Å². The Morgan fingerprint density at radius 1 is 1.30 bits per heavy atom. The summed E-state index contributed by atoms with van der Waals surface area (Å²) in [5.74, 6) is 2.27. The van der Waals surface area contributed by atoms with Crippen LogP contribution >= 0.6 is 11.8 Å². The van der Waals surface area contributed by atoms with Crippen molar-refractivity contribution >= 4 is 11.8 Å². The van der Waals surface area contributed by atoms with Gasteiger partial charge in [0.05, 0.1) is 11.8 Å². The summed E-state index contributed by atoms with van der Waals surface area (Å²) in [5, 5.41) is 4.00. The van der Waals surface area contributed by atoms with Gasteiger partial charge >= 0.3 is 0 Å². The fraction of sp³-hybridized carbons (Fsp3) is 0.467. The lowest BCUT2D eigenvalue weighted by Gasteiger charge is -2.12. The number of rotatable bonds is 6. The highest BCUT2D eigenvalue weighted by Crippen LogP contribution is 2.24. The number of nitrogens with two attached hydrogens (primary N) is 1. The van der Waals surface area contributed by atoms with Gasteiger partial charge in [0.2, 0.25) is 5.89 Å². The highest BCUT2D eigenvalue weighted by atomic mass is 32.2. The number of aryl methyl sites for hydroxylation is 1. The molecular formula is C15H21N3OS. The number of aromatic nitrogens is 2. The van der Waals surface area contributed by atoms with Crippen molar-refractivity contribution in [1.29, 1.82) is 0 Å². The predicted octanol–water partition coefficient (Wildman–Crippen LogP) is 3.72. The number of nitrogens with zero attached hydrogens (tertiary/aromatic N) is 2. The van der Waals surface area contributed by atoms with Gasteiger partial charge in [-0.15, -0.1) is 11.8 Å². The van der Waals surface area contributed by atoms with Crippen LogP contribution in [0.1, 0.15) is 43.6 Å². The van der Waals surface area contributed by atoms with Gasteiger partial charge in [0.1, 0.15) is 0 Å². The van der Waals surface area contributed by atoms with Crippen LogP contribution in [0.25, 0.3) is 0 Å². The van der Waals surface area contributed by atoms with Crippen molar-refractivity contribution < 1.29 is 4.52 Å². The molecule has 0 bridgehead atoms. The van der Waals surface area contributed by atoms with Crippen molar-refractivity contribution in [2.45, 2.75) is 43.9 Å². The highest BCUT2D eigenvalue weighted by molar-refractivity contribution is 7.98. The summed E-state index contributed by atoms with van der Waals surface area (Å²) >= 11 is 1.70. The van der Waals surface area contributed by atoms with Crippen LogP contribution in [0.3, 0.4) is 0 Å². The molecule has 1 unspecified atom stereocenters. The van der Waals surface area contributed by atoms with E-state index in [4.69, 9.17) is 10.3 Å². The van der Waals surface area contributed by atoms with Crippen molar-refractivity contribution in [3.63, 3.8) is 0 Å². The molecule has 1 aromatic carbocycles. The Kier molecular flexibility index (Phi) is 5.20. The molecule has 0 spiro atoms. The Morgan fingerprint density at radius 3 is 2.65 bits per heavy atom. The molecular weight excluding hydrogens is 270 g/mol. The monoisotopic (exact) mass is 291 g/mol. The van der Waals surface area contributed by atoms with E-state index in [9.17, 15) is 0 Å². The number of hydrogen-bond acceptors (Lipinski definition) is 5. The summed E-state index contributed by atoms with van der Waals surface area (Å²) in [7, 11) is 0. The fourth-order valence-corrected chi connectivity index (χ4v) is 2.48. The minimum Gasteiger partial charge on any atom is -0.338 e. The molecule has 2 rings (SSSR count). The average molecular weight is 291 g/mol. The first-order valence-corrected chi connectivity index (χ1v) is 7.86. The van der Waals surface area contributed by atoms with Crippen molar-refractivity contribution in [3.05, 3.63) is 41.5 Å². The maximum atomic E-state index is 6.08. The lowest BCUT2D eigenvalue weighted by atomic mass is 10.0. The molecule has 2 atom stereocenters. The zero-order valence-electron chi connectivity index (χ0n) is 12.2. The molecule has 0 fully saturated rings. The van der Waals surface area contributed by atoms with Crippen LogP contribution in [0.15, 0.2) is 33.7 Å². The van der Waals surface area contributed by atoms with Crippen LogP contribution in [0.2, 0.25) is 0 Å². The summed E-state index contributed by atoms with van der Waals surface area (Å²) in [6, 6.07) is 8.23. The highest BCUT2D eigenvalue weighted by Gasteiger charge is 2.19. The van der Waals surface area contributed by atoms with Crippen LogP contribution in [-0.2, 0) is 5.75 Å². The van der Waals surface area contributed by atoms with E-state index in [-0.39, 0.29) is 6.04 Å². The minimum atomic E-state index is -0.175. The second-order valence-corrected chi connectivity index (χ2v) is 6.11. The smallest absolute Gasteiger partial charge is 0.243 e. The summed E-state index contributed by atoms with van der Waals surface area (Å²) in [5.41, 5.74) is 7.34. The van der Waals surface area contributed by atoms with E-state index in [2.05, 4.69) is 55.2 Å². The lowest BCUT2D eigenvalue weighted by Crippen LogP contribution is -2.18. The van der Waals surface area contributed by atoms with E-state index in [1.807, 2.05) is 0 Å². The Hall–Kier alpha value is -1.33. The predicted molar refractivity (Wildman–Crippen MR) is 81.4 cm³/mol. The van der Waals surface area contributed by atoms with Crippen LogP contribution < -0.4 is 5.73 Å². The summed E-state index contributed by atoms with van der Waals surface area (Å²) in [4.78, 5) is 5.59. The Labute approximate surface area is 124 Å². The molecule has 0 aliphatic carbocycles. The van der Waals surface area contributed by atoms with Gasteiger partial charge in [-0.25, -0.2) is 0 Å². The molecule has 0 aliphatic heterocycles. The number of hydrogen-bond donors (Lipinski definition) is 1. The summed E-state index contributed by atoms with van der Waals surface area (Å²) in [6.45, 7) is 6.28. The molecule has 20 heavy (non-hydrogen) atoms. The van der Waals surface area contributed by atoms with Crippen LogP contribution in [-0.4, -0.2) is 10.1 Å². The molecule has 1 aromatic heterocycles.